The van der Waals surface area contributed by atoms with E-state index in [-0.39, 0.29) is 28.5 Å². The van der Waals surface area contributed by atoms with Crippen LogP contribution in [0.2, 0.25) is 0 Å². The molecule has 7 nitrogen and oxygen atoms in total. The van der Waals surface area contributed by atoms with E-state index in [1.54, 1.807) is 13.8 Å². The van der Waals surface area contributed by atoms with Crippen molar-refractivity contribution < 1.29 is 19.5 Å². The van der Waals surface area contributed by atoms with Crippen LogP contribution in [-0.4, -0.2) is 39.7 Å². The Labute approximate surface area is 118 Å². The Morgan fingerprint density at radius 2 is 2.32 bits per heavy atom. The standard InChI is InChI=1S/C10H12ClN3O4S/c1-5(2)18-14-8(9(16)17)6-4-19-10(12-6)13-7(15)3-11/h4-5H,3H2,1-2H3,(H,16,17)(H,12,13,15). The van der Waals surface area contributed by atoms with Crippen LogP contribution >= 0.6 is 22.9 Å². The van der Waals surface area contributed by atoms with Gasteiger partial charge in [-0.15, -0.1) is 22.9 Å². The third-order valence-corrected chi connectivity index (χ3v) is 2.67. The molecule has 0 atom stereocenters. The first-order valence-corrected chi connectivity index (χ1v) is 6.64. The number of anilines is 1. The van der Waals surface area contributed by atoms with E-state index >= 15 is 0 Å². The molecule has 0 aliphatic heterocycles. The maximum absolute atomic E-state index is 11.1. The maximum atomic E-state index is 11.1. The Balaban J connectivity index is 2.89. The Morgan fingerprint density at radius 3 is 2.84 bits per heavy atom. The third-order valence-electron chi connectivity index (χ3n) is 1.67. The Bertz CT molecular complexity index is 501. The molecule has 19 heavy (non-hydrogen) atoms. The van der Waals surface area contributed by atoms with Gasteiger partial charge in [0.15, 0.2) is 5.13 Å². The second kappa shape index (κ2) is 7.05. The minimum atomic E-state index is -1.26. The van der Waals surface area contributed by atoms with E-state index in [4.69, 9.17) is 21.5 Å². The van der Waals surface area contributed by atoms with Crippen LogP contribution in [0.25, 0.3) is 0 Å². The molecule has 0 fully saturated rings. The minimum Gasteiger partial charge on any atom is -0.476 e. The lowest BCUT2D eigenvalue weighted by Gasteiger charge is -2.03. The number of alkyl halides is 1. The van der Waals surface area contributed by atoms with E-state index in [0.29, 0.717) is 0 Å². The molecule has 0 aliphatic rings. The average molecular weight is 306 g/mol. The summed E-state index contributed by atoms with van der Waals surface area (Å²) < 4.78 is 0. The molecule has 1 heterocycles. The molecule has 1 aromatic heterocycles. The molecule has 2 N–H and O–H groups in total. The highest BCUT2D eigenvalue weighted by molar-refractivity contribution is 7.14. The fourth-order valence-corrected chi connectivity index (χ4v) is 1.72. The molecule has 0 spiro atoms. The first-order valence-electron chi connectivity index (χ1n) is 5.22. The topological polar surface area (TPSA) is 101 Å². The number of aromatic nitrogens is 1. The summed E-state index contributed by atoms with van der Waals surface area (Å²) in [6.07, 6.45) is -0.247. The van der Waals surface area contributed by atoms with Crippen molar-refractivity contribution in [3.05, 3.63) is 11.1 Å². The number of hydrogen-bond donors (Lipinski definition) is 2. The lowest BCUT2D eigenvalue weighted by Crippen LogP contribution is -2.17. The molecule has 0 unspecified atom stereocenters. The summed E-state index contributed by atoms with van der Waals surface area (Å²) in [6, 6.07) is 0. The SMILES string of the molecule is CC(C)ON=C(C(=O)O)c1csc(NC(=O)CCl)n1. The summed E-state index contributed by atoms with van der Waals surface area (Å²) in [5, 5.41) is 16.7. The number of rotatable bonds is 6. The molecule has 104 valence electrons. The van der Waals surface area contributed by atoms with Gasteiger partial charge in [-0.05, 0) is 13.8 Å². The monoisotopic (exact) mass is 305 g/mol. The average Bonchev–Trinajstić information content (AvgIpc) is 2.76. The molecule has 0 saturated carbocycles. The predicted octanol–water partition coefficient (Wildman–Crippen LogP) is 1.53. The van der Waals surface area contributed by atoms with E-state index in [9.17, 15) is 9.59 Å². The van der Waals surface area contributed by atoms with Crippen LogP contribution in [0.4, 0.5) is 5.13 Å². The number of nitrogens with one attached hydrogen (secondary N) is 1. The lowest BCUT2D eigenvalue weighted by atomic mass is 10.3. The summed E-state index contributed by atoms with van der Waals surface area (Å²) in [7, 11) is 0. The van der Waals surface area contributed by atoms with Crippen molar-refractivity contribution in [2.75, 3.05) is 11.2 Å². The van der Waals surface area contributed by atoms with E-state index in [0.717, 1.165) is 11.3 Å². The zero-order valence-corrected chi connectivity index (χ0v) is 11.8. The first kappa shape index (κ1) is 15.4. The van der Waals surface area contributed by atoms with E-state index in [2.05, 4.69) is 15.5 Å². The van der Waals surface area contributed by atoms with Crippen LogP contribution in [0.1, 0.15) is 19.5 Å². The van der Waals surface area contributed by atoms with Crippen LogP contribution in [0, 0.1) is 0 Å². The van der Waals surface area contributed by atoms with Gasteiger partial charge in [0.25, 0.3) is 0 Å². The van der Waals surface area contributed by atoms with E-state index < -0.39 is 11.9 Å². The number of carbonyl (C=O) groups excluding carboxylic acids is 1. The smallest absolute Gasteiger partial charge is 0.360 e. The fraction of sp³-hybridized carbons (Fsp3) is 0.400. The number of nitrogens with zero attached hydrogens (tertiary/aromatic N) is 2. The molecule has 1 rings (SSSR count). The number of carboxylic acid groups (broad SMARTS) is 1. The number of amides is 1. The van der Waals surface area contributed by atoms with Crippen LogP contribution < -0.4 is 5.32 Å². The van der Waals surface area contributed by atoms with Gasteiger partial charge in [-0.3, -0.25) is 4.79 Å². The number of carboxylic acids is 1. The highest BCUT2D eigenvalue weighted by Gasteiger charge is 2.18. The number of halogens is 1. The van der Waals surface area contributed by atoms with Gasteiger partial charge in [0.05, 0.1) is 0 Å². The molecule has 0 aromatic carbocycles. The van der Waals surface area contributed by atoms with Gasteiger partial charge >= 0.3 is 5.97 Å². The normalized spacial score (nSPS) is 11.5. The zero-order chi connectivity index (χ0) is 14.4. The Kier molecular flexibility index (Phi) is 5.71. The second-order valence-corrected chi connectivity index (χ2v) is 4.74. The third kappa shape index (κ3) is 4.84. The molecular formula is C10H12ClN3O4S. The van der Waals surface area contributed by atoms with Gasteiger partial charge in [0.1, 0.15) is 17.7 Å². The molecule has 0 saturated heterocycles. The van der Waals surface area contributed by atoms with Crippen molar-refractivity contribution >= 4 is 45.7 Å². The molecule has 1 amide bonds. The summed E-state index contributed by atoms with van der Waals surface area (Å²) >= 11 is 6.41. The molecule has 9 heteroatoms. The van der Waals surface area contributed by atoms with Gasteiger partial charge in [0, 0.05) is 5.38 Å². The van der Waals surface area contributed by atoms with Crippen LogP contribution in [0.5, 0.6) is 0 Å². The largest absolute Gasteiger partial charge is 0.476 e. The van der Waals surface area contributed by atoms with Gasteiger partial charge in [-0.2, -0.15) is 0 Å². The van der Waals surface area contributed by atoms with Gasteiger partial charge in [-0.1, -0.05) is 5.16 Å². The molecule has 0 radical (unpaired) electrons. The molecule has 0 bridgehead atoms. The maximum Gasteiger partial charge on any atom is 0.360 e. The lowest BCUT2D eigenvalue weighted by molar-refractivity contribution is -0.129. The van der Waals surface area contributed by atoms with Crippen molar-refractivity contribution in [2.24, 2.45) is 5.16 Å². The molecular weight excluding hydrogens is 294 g/mol. The summed E-state index contributed by atoms with van der Waals surface area (Å²) in [5.74, 6) is -1.89. The van der Waals surface area contributed by atoms with Gasteiger partial charge < -0.3 is 15.3 Å². The van der Waals surface area contributed by atoms with Crippen molar-refractivity contribution in [3.8, 4) is 0 Å². The highest BCUT2D eigenvalue weighted by Crippen LogP contribution is 2.16. The molecule has 1 aromatic rings. The Hall–Kier alpha value is -1.67. The van der Waals surface area contributed by atoms with Gasteiger partial charge in [0.2, 0.25) is 11.6 Å². The second-order valence-electron chi connectivity index (χ2n) is 3.62. The van der Waals surface area contributed by atoms with Crippen LogP contribution in [0.15, 0.2) is 10.5 Å². The number of aliphatic carboxylic acids is 1. The van der Waals surface area contributed by atoms with Crippen molar-refractivity contribution in [1.82, 2.24) is 4.98 Å². The van der Waals surface area contributed by atoms with Crippen molar-refractivity contribution in [3.63, 3.8) is 0 Å². The van der Waals surface area contributed by atoms with Crippen LogP contribution in [0.3, 0.4) is 0 Å². The quantitative estimate of drug-likeness (QED) is 0.471. The summed E-state index contributed by atoms with van der Waals surface area (Å²) in [5.41, 5.74) is -0.209. The fourth-order valence-electron chi connectivity index (χ4n) is 0.946. The number of carbonyl (C=O) groups is 2. The number of thiazole rings is 1. The number of hydrogen-bond acceptors (Lipinski definition) is 6. The Morgan fingerprint density at radius 1 is 1.63 bits per heavy atom. The summed E-state index contributed by atoms with van der Waals surface area (Å²) in [6.45, 7) is 3.44. The summed E-state index contributed by atoms with van der Waals surface area (Å²) in [4.78, 5) is 30.9. The predicted molar refractivity (Wildman–Crippen MR) is 71.9 cm³/mol. The van der Waals surface area contributed by atoms with Gasteiger partial charge in [-0.25, -0.2) is 9.78 Å². The zero-order valence-electron chi connectivity index (χ0n) is 10.2. The first-order chi connectivity index (χ1) is 8.93. The van der Waals surface area contributed by atoms with Crippen LogP contribution in [-0.2, 0) is 14.4 Å². The van der Waals surface area contributed by atoms with E-state index in [1.165, 1.54) is 5.38 Å². The van der Waals surface area contributed by atoms with Crippen molar-refractivity contribution in [2.45, 2.75) is 20.0 Å². The minimum absolute atomic E-state index is 0.114. The van der Waals surface area contributed by atoms with E-state index in [1.807, 2.05) is 0 Å². The van der Waals surface area contributed by atoms with Crippen molar-refractivity contribution in [1.29, 1.82) is 0 Å². The number of oxime groups is 1. The molecule has 0 aliphatic carbocycles. The highest BCUT2D eigenvalue weighted by atomic mass is 35.5.